The Morgan fingerprint density at radius 3 is 2.14 bits per heavy atom. The molecule has 0 aromatic carbocycles. The van der Waals surface area contributed by atoms with Crippen LogP contribution in [0.5, 0.6) is 0 Å². The normalized spacial score (nSPS) is 10.2. The van der Waals surface area contributed by atoms with Gasteiger partial charge >= 0.3 is 0 Å². The van der Waals surface area contributed by atoms with E-state index in [0.717, 1.165) is 17.8 Å². The van der Waals surface area contributed by atoms with E-state index in [-0.39, 0.29) is 13.2 Å². The second kappa shape index (κ2) is 9.37. The summed E-state index contributed by atoms with van der Waals surface area (Å²) in [6, 6.07) is 0. The van der Waals surface area contributed by atoms with E-state index >= 15 is 0 Å². The summed E-state index contributed by atoms with van der Waals surface area (Å²) in [5.74, 6) is 0. The third-order valence-electron chi connectivity index (χ3n) is 2.09. The zero-order chi connectivity index (χ0) is 10.8. The van der Waals surface area contributed by atoms with Gasteiger partial charge in [0.05, 0.1) is 18.2 Å². The van der Waals surface area contributed by atoms with Crippen LogP contribution in [-0.2, 0) is 0 Å². The first kappa shape index (κ1) is 13.8. The topological polar surface area (TPSA) is 43.7 Å². The highest BCUT2D eigenvalue weighted by atomic mass is 32.1. The van der Waals surface area contributed by atoms with Gasteiger partial charge in [-0.1, -0.05) is 32.0 Å². The van der Waals surface area contributed by atoms with Crippen molar-refractivity contribution in [2.75, 3.05) is 26.3 Å². The monoisotopic (exact) mass is 219 g/mol. The maximum atomic E-state index is 8.80. The molecular formula is C10H21NO2S. The summed E-state index contributed by atoms with van der Waals surface area (Å²) in [5.41, 5.74) is 0. The fourth-order valence-electron chi connectivity index (χ4n) is 1.29. The van der Waals surface area contributed by atoms with Crippen molar-refractivity contribution in [2.24, 2.45) is 0 Å². The van der Waals surface area contributed by atoms with Crippen LogP contribution >= 0.6 is 12.2 Å². The third kappa shape index (κ3) is 6.29. The first-order valence-electron chi connectivity index (χ1n) is 5.25. The van der Waals surface area contributed by atoms with E-state index in [1.807, 2.05) is 4.90 Å². The van der Waals surface area contributed by atoms with E-state index in [2.05, 4.69) is 6.92 Å². The molecule has 0 aromatic rings. The molecule has 0 fully saturated rings. The van der Waals surface area contributed by atoms with E-state index in [0.29, 0.717) is 13.1 Å². The lowest BCUT2D eigenvalue weighted by Gasteiger charge is -2.23. The van der Waals surface area contributed by atoms with Crippen LogP contribution in [0, 0.1) is 0 Å². The number of aliphatic hydroxyl groups is 2. The maximum absolute atomic E-state index is 8.80. The van der Waals surface area contributed by atoms with Crippen molar-refractivity contribution < 1.29 is 10.2 Å². The van der Waals surface area contributed by atoms with Gasteiger partial charge in [0, 0.05) is 13.1 Å². The predicted molar refractivity (Wildman–Crippen MR) is 62.5 cm³/mol. The van der Waals surface area contributed by atoms with E-state index in [1.54, 1.807) is 0 Å². The molecule has 0 saturated carbocycles. The first-order chi connectivity index (χ1) is 6.76. The van der Waals surface area contributed by atoms with Crippen molar-refractivity contribution in [3.8, 4) is 0 Å². The van der Waals surface area contributed by atoms with Crippen LogP contribution in [0.15, 0.2) is 0 Å². The van der Waals surface area contributed by atoms with E-state index in [9.17, 15) is 0 Å². The van der Waals surface area contributed by atoms with Crippen LogP contribution < -0.4 is 0 Å². The summed E-state index contributed by atoms with van der Waals surface area (Å²) in [6.07, 6.45) is 4.36. The van der Waals surface area contributed by atoms with E-state index in [4.69, 9.17) is 22.4 Å². The number of rotatable bonds is 8. The number of unbranched alkanes of at least 4 members (excludes halogenated alkanes) is 2. The van der Waals surface area contributed by atoms with Crippen LogP contribution in [0.4, 0.5) is 0 Å². The second-order valence-corrected chi connectivity index (χ2v) is 3.76. The van der Waals surface area contributed by atoms with Gasteiger partial charge in [-0.3, -0.25) is 0 Å². The summed E-state index contributed by atoms with van der Waals surface area (Å²) in [7, 11) is 0. The van der Waals surface area contributed by atoms with Crippen LogP contribution in [0.2, 0.25) is 0 Å². The van der Waals surface area contributed by atoms with Gasteiger partial charge in [-0.05, 0) is 12.8 Å². The predicted octanol–water partition coefficient (Wildman–Crippen LogP) is 1.18. The minimum atomic E-state index is 0.0912. The molecule has 0 radical (unpaired) electrons. The highest BCUT2D eigenvalue weighted by Crippen LogP contribution is 2.04. The molecule has 0 aliphatic heterocycles. The molecule has 0 aliphatic rings. The summed E-state index contributed by atoms with van der Waals surface area (Å²) in [5, 5.41) is 17.6. The molecule has 0 heterocycles. The minimum Gasteiger partial charge on any atom is -0.395 e. The molecule has 0 atom stereocenters. The molecule has 2 N–H and O–H groups in total. The maximum Gasteiger partial charge on any atom is 0.0780 e. The number of nitrogens with zero attached hydrogens (tertiary/aromatic N) is 1. The number of thiocarbonyl (C=S) groups is 1. The summed E-state index contributed by atoms with van der Waals surface area (Å²) >= 11 is 5.22. The Bertz CT molecular complexity index is 147. The first-order valence-corrected chi connectivity index (χ1v) is 5.66. The van der Waals surface area contributed by atoms with Crippen molar-refractivity contribution in [3.05, 3.63) is 0 Å². The quantitative estimate of drug-likeness (QED) is 0.475. The lowest BCUT2D eigenvalue weighted by Crippen LogP contribution is -2.34. The van der Waals surface area contributed by atoms with Crippen molar-refractivity contribution >= 4 is 17.2 Å². The van der Waals surface area contributed by atoms with Crippen LogP contribution in [-0.4, -0.2) is 46.4 Å². The Balaban J connectivity index is 3.76. The van der Waals surface area contributed by atoms with Crippen LogP contribution in [0.1, 0.15) is 32.6 Å². The number of hydrogen-bond acceptors (Lipinski definition) is 3. The molecule has 0 bridgehead atoms. The Hall–Kier alpha value is -0.190. The van der Waals surface area contributed by atoms with Crippen molar-refractivity contribution in [1.82, 2.24) is 4.90 Å². The third-order valence-corrected chi connectivity index (χ3v) is 2.55. The molecular weight excluding hydrogens is 198 g/mol. The summed E-state index contributed by atoms with van der Waals surface area (Å²) in [4.78, 5) is 2.74. The van der Waals surface area contributed by atoms with Gasteiger partial charge in [0.1, 0.15) is 0 Å². The van der Waals surface area contributed by atoms with Gasteiger partial charge in [0.25, 0.3) is 0 Å². The molecule has 0 spiro atoms. The molecule has 0 unspecified atom stereocenters. The molecule has 0 aromatic heterocycles. The molecule has 0 saturated heterocycles. The summed E-state index contributed by atoms with van der Waals surface area (Å²) in [6.45, 7) is 3.40. The molecule has 0 rings (SSSR count). The average molecular weight is 219 g/mol. The number of hydrogen-bond donors (Lipinski definition) is 2. The van der Waals surface area contributed by atoms with Gasteiger partial charge < -0.3 is 15.1 Å². The van der Waals surface area contributed by atoms with Gasteiger partial charge in [-0.25, -0.2) is 0 Å². The SMILES string of the molecule is CCCCCC(=S)N(CCO)CCO. The molecule has 4 heteroatoms. The van der Waals surface area contributed by atoms with Gasteiger partial charge in [-0.15, -0.1) is 0 Å². The summed E-state index contributed by atoms with van der Waals surface area (Å²) < 4.78 is 0. The Labute approximate surface area is 91.7 Å². The fourth-order valence-corrected chi connectivity index (χ4v) is 1.61. The molecule has 3 nitrogen and oxygen atoms in total. The average Bonchev–Trinajstić information content (AvgIpc) is 2.18. The van der Waals surface area contributed by atoms with Crippen LogP contribution in [0.25, 0.3) is 0 Å². The molecule has 84 valence electrons. The zero-order valence-corrected chi connectivity index (χ0v) is 9.72. The van der Waals surface area contributed by atoms with E-state index < -0.39 is 0 Å². The second-order valence-electron chi connectivity index (χ2n) is 3.29. The highest BCUT2D eigenvalue weighted by molar-refractivity contribution is 7.80. The largest absolute Gasteiger partial charge is 0.395 e. The Morgan fingerprint density at radius 2 is 1.71 bits per heavy atom. The van der Waals surface area contributed by atoms with Gasteiger partial charge in [0.15, 0.2) is 0 Å². The number of aliphatic hydroxyl groups excluding tert-OH is 2. The Kier molecular flexibility index (Phi) is 9.24. The Morgan fingerprint density at radius 1 is 1.14 bits per heavy atom. The van der Waals surface area contributed by atoms with Crippen LogP contribution in [0.3, 0.4) is 0 Å². The standard InChI is InChI=1S/C10H21NO2S/c1-2-3-4-5-10(14)11(6-8-12)7-9-13/h12-13H,2-9H2,1H3. The van der Waals surface area contributed by atoms with Crippen molar-refractivity contribution in [3.63, 3.8) is 0 Å². The van der Waals surface area contributed by atoms with Crippen molar-refractivity contribution in [1.29, 1.82) is 0 Å². The van der Waals surface area contributed by atoms with Gasteiger partial charge in [0.2, 0.25) is 0 Å². The lowest BCUT2D eigenvalue weighted by atomic mass is 10.2. The smallest absolute Gasteiger partial charge is 0.0780 e. The highest BCUT2D eigenvalue weighted by Gasteiger charge is 2.07. The van der Waals surface area contributed by atoms with Crippen molar-refractivity contribution in [2.45, 2.75) is 32.6 Å². The minimum absolute atomic E-state index is 0.0912. The zero-order valence-electron chi connectivity index (χ0n) is 8.91. The van der Waals surface area contributed by atoms with E-state index in [1.165, 1.54) is 12.8 Å². The molecule has 14 heavy (non-hydrogen) atoms. The lowest BCUT2D eigenvalue weighted by molar-refractivity contribution is 0.212. The fraction of sp³-hybridized carbons (Fsp3) is 0.900. The molecule has 0 amide bonds. The molecule has 0 aliphatic carbocycles. The van der Waals surface area contributed by atoms with Gasteiger partial charge in [-0.2, -0.15) is 0 Å².